The first-order valence-electron chi connectivity index (χ1n) is 8.43. The summed E-state index contributed by atoms with van der Waals surface area (Å²) in [6.07, 6.45) is 4.33. The highest BCUT2D eigenvalue weighted by Crippen LogP contribution is 2.27. The maximum absolute atomic E-state index is 12.6. The molecule has 1 amide bonds. The molecule has 3 aromatic rings. The van der Waals surface area contributed by atoms with Crippen LogP contribution in [-0.2, 0) is 17.8 Å². The van der Waals surface area contributed by atoms with Crippen molar-refractivity contribution in [3.63, 3.8) is 0 Å². The molecule has 3 nitrogen and oxygen atoms in total. The van der Waals surface area contributed by atoms with Gasteiger partial charge in [0.05, 0.1) is 0 Å². The summed E-state index contributed by atoms with van der Waals surface area (Å²) in [4.78, 5) is 18.0. The summed E-state index contributed by atoms with van der Waals surface area (Å²) in [5.41, 5.74) is 5.61. The van der Waals surface area contributed by atoms with E-state index in [1.807, 2.05) is 48.2 Å². The van der Waals surface area contributed by atoms with E-state index in [1.165, 1.54) is 16.6 Å². The number of nitrogens with zero attached hydrogens (tertiary/aromatic N) is 1. The number of aromatic nitrogens is 1. The van der Waals surface area contributed by atoms with Gasteiger partial charge < -0.3 is 9.88 Å². The molecule has 2 heterocycles. The van der Waals surface area contributed by atoms with Crippen LogP contribution < -0.4 is 0 Å². The van der Waals surface area contributed by atoms with E-state index in [4.69, 9.17) is 11.6 Å². The molecule has 4 heteroatoms. The lowest BCUT2D eigenvalue weighted by Crippen LogP contribution is -2.34. The number of amides is 1. The Morgan fingerprint density at radius 3 is 2.92 bits per heavy atom. The Hall–Kier alpha value is -2.52. The van der Waals surface area contributed by atoms with Crippen molar-refractivity contribution in [3.05, 3.63) is 75.9 Å². The molecule has 0 unspecified atom stereocenters. The Labute approximate surface area is 151 Å². The molecular formula is C21H19ClN2O. The molecule has 1 aliphatic heterocycles. The van der Waals surface area contributed by atoms with Crippen molar-refractivity contribution in [1.82, 2.24) is 9.88 Å². The van der Waals surface area contributed by atoms with Crippen LogP contribution in [0.5, 0.6) is 0 Å². The van der Waals surface area contributed by atoms with E-state index in [-0.39, 0.29) is 5.91 Å². The molecule has 0 aliphatic carbocycles. The molecule has 0 fully saturated rings. The van der Waals surface area contributed by atoms with E-state index in [0.29, 0.717) is 6.54 Å². The Kier molecular flexibility index (Phi) is 4.10. The van der Waals surface area contributed by atoms with Gasteiger partial charge in [-0.3, -0.25) is 4.79 Å². The summed E-state index contributed by atoms with van der Waals surface area (Å²) >= 11 is 6.14. The van der Waals surface area contributed by atoms with E-state index in [1.54, 1.807) is 6.08 Å². The van der Waals surface area contributed by atoms with Gasteiger partial charge in [-0.15, -0.1) is 0 Å². The SMILES string of the molecule is Cc1ccc(/C=C/C(=O)N2CCc3[nH]c4ccccc4c3C2)cc1Cl. The minimum absolute atomic E-state index is 0.0348. The summed E-state index contributed by atoms with van der Waals surface area (Å²) in [5, 5.41) is 1.93. The van der Waals surface area contributed by atoms with E-state index in [0.717, 1.165) is 34.6 Å². The van der Waals surface area contributed by atoms with E-state index < -0.39 is 0 Å². The maximum atomic E-state index is 12.6. The average molecular weight is 351 g/mol. The van der Waals surface area contributed by atoms with E-state index in [9.17, 15) is 4.79 Å². The number of fused-ring (bicyclic) bond motifs is 3. The van der Waals surface area contributed by atoms with Crippen LogP contribution in [0.1, 0.15) is 22.4 Å². The van der Waals surface area contributed by atoms with Gasteiger partial charge in [-0.2, -0.15) is 0 Å². The summed E-state index contributed by atoms with van der Waals surface area (Å²) < 4.78 is 0. The van der Waals surface area contributed by atoms with Crippen molar-refractivity contribution in [2.75, 3.05) is 6.54 Å². The van der Waals surface area contributed by atoms with Gasteiger partial charge in [-0.05, 0) is 36.3 Å². The fourth-order valence-corrected chi connectivity index (χ4v) is 3.53. The lowest BCUT2D eigenvalue weighted by molar-refractivity contribution is -0.126. The van der Waals surface area contributed by atoms with Crippen molar-refractivity contribution >= 4 is 34.5 Å². The molecule has 4 rings (SSSR count). The van der Waals surface area contributed by atoms with Gasteiger partial charge in [0.2, 0.25) is 5.91 Å². The molecule has 0 atom stereocenters. The largest absolute Gasteiger partial charge is 0.358 e. The van der Waals surface area contributed by atoms with E-state index >= 15 is 0 Å². The summed E-state index contributed by atoms with van der Waals surface area (Å²) in [6.45, 7) is 3.35. The summed E-state index contributed by atoms with van der Waals surface area (Å²) in [6, 6.07) is 14.1. The third kappa shape index (κ3) is 3.08. The molecule has 0 bridgehead atoms. The third-order valence-electron chi connectivity index (χ3n) is 4.81. The number of halogens is 1. The van der Waals surface area contributed by atoms with Crippen LogP contribution in [0.15, 0.2) is 48.5 Å². The lowest BCUT2D eigenvalue weighted by Gasteiger charge is -2.26. The summed E-state index contributed by atoms with van der Waals surface area (Å²) in [5.74, 6) is 0.0348. The summed E-state index contributed by atoms with van der Waals surface area (Å²) in [7, 11) is 0. The van der Waals surface area contributed by atoms with Gasteiger partial charge in [-0.25, -0.2) is 0 Å². The van der Waals surface area contributed by atoms with Gasteiger partial charge >= 0.3 is 0 Å². The number of para-hydroxylation sites is 1. The van der Waals surface area contributed by atoms with Crippen LogP contribution in [0, 0.1) is 6.92 Å². The molecule has 0 saturated carbocycles. The lowest BCUT2D eigenvalue weighted by atomic mass is 10.0. The number of aromatic amines is 1. The van der Waals surface area contributed by atoms with Crippen molar-refractivity contribution in [2.45, 2.75) is 19.9 Å². The predicted octanol–water partition coefficient (Wildman–Crippen LogP) is 4.73. The Bertz CT molecular complexity index is 987. The number of rotatable bonds is 2. The second kappa shape index (κ2) is 6.41. The monoisotopic (exact) mass is 350 g/mol. The van der Waals surface area contributed by atoms with E-state index in [2.05, 4.69) is 17.1 Å². The van der Waals surface area contributed by atoms with Crippen LogP contribution >= 0.6 is 11.6 Å². The average Bonchev–Trinajstić information content (AvgIpc) is 3.00. The van der Waals surface area contributed by atoms with Crippen LogP contribution in [0.2, 0.25) is 5.02 Å². The van der Waals surface area contributed by atoms with Crippen LogP contribution in [0.4, 0.5) is 0 Å². The number of hydrogen-bond donors (Lipinski definition) is 1. The van der Waals surface area contributed by atoms with Gasteiger partial charge in [-0.1, -0.05) is 41.9 Å². The number of H-pyrrole nitrogens is 1. The Morgan fingerprint density at radius 1 is 1.24 bits per heavy atom. The molecule has 0 radical (unpaired) electrons. The third-order valence-corrected chi connectivity index (χ3v) is 5.22. The number of carbonyl (C=O) groups excluding carboxylic acids is 1. The van der Waals surface area contributed by atoms with Gasteiger partial charge in [0, 0.05) is 52.8 Å². The zero-order valence-corrected chi connectivity index (χ0v) is 14.8. The molecule has 0 saturated heterocycles. The fraction of sp³-hybridized carbons (Fsp3) is 0.190. The van der Waals surface area contributed by atoms with Crippen molar-refractivity contribution in [3.8, 4) is 0 Å². The molecule has 126 valence electrons. The molecule has 2 aromatic carbocycles. The smallest absolute Gasteiger partial charge is 0.246 e. The quantitative estimate of drug-likeness (QED) is 0.666. The topological polar surface area (TPSA) is 36.1 Å². The van der Waals surface area contributed by atoms with Gasteiger partial charge in [0.15, 0.2) is 0 Å². The van der Waals surface area contributed by atoms with Gasteiger partial charge in [0.1, 0.15) is 0 Å². The second-order valence-electron chi connectivity index (χ2n) is 6.48. The first kappa shape index (κ1) is 16.0. The highest BCUT2D eigenvalue weighted by molar-refractivity contribution is 6.31. The first-order valence-corrected chi connectivity index (χ1v) is 8.81. The van der Waals surface area contributed by atoms with Gasteiger partial charge in [0.25, 0.3) is 0 Å². The minimum Gasteiger partial charge on any atom is -0.358 e. The number of aryl methyl sites for hydroxylation is 1. The molecule has 1 aliphatic rings. The highest BCUT2D eigenvalue weighted by atomic mass is 35.5. The number of carbonyl (C=O) groups is 1. The Morgan fingerprint density at radius 2 is 2.08 bits per heavy atom. The molecular weight excluding hydrogens is 332 g/mol. The van der Waals surface area contributed by atoms with Crippen molar-refractivity contribution in [1.29, 1.82) is 0 Å². The van der Waals surface area contributed by atoms with Crippen LogP contribution in [-0.4, -0.2) is 22.3 Å². The fourth-order valence-electron chi connectivity index (χ4n) is 3.34. The van der Waals surface area contributed by atoms with Crippen molar-refractivity contribution in [2.24, 2.45) is 0 Å². The normalized spacial score (nSPS) is 14.2. The standard InChI is InChI=1S/C21H19ClN2O/c1-14-6-7-15(12-18(14)22)8-9-21(25)24-11-10-20-17(13-24)16-4-2-3-5-19(16)23-20/h2-9,12,23H,10-11,13H2,1H3/b9-8+. The number of benzene rings is 2. The first-order chi connectivity index (χ1) is 12.1. The number of nitrogens with one attached hydrogen (secondary N) is 1. The minimum atomic E-state index is 0.0348. The zero-order chi connectivity index (χ0) is 17.4. The van der Waals surface area contributed by atoms with Crippen LogP contribution in [0.25, 0.3) is 17.0 Å². The zero-order valence-electron chi connectivity index (χ0n) is 14.1. The van der Waals surface area contributed by atoms with Crippen molar-refractivity contribution < 1.29 is 4.79 Å². The molecule has 1 N–H and O–H groups in total. The second-order valence-corrected chi connectivity index (χ2v) is 6.89. The molecule has 0 spiro atoms. The molecule has 1 aromatic heterocycles. The maximum Gasteiger partial charge on any atom is 0.246 e. The molecule has 25 heavy (non-hydrogen) atoms. The predicted molar refractivity (Wildman–Crippen MR) is 103 cm³/mol. The highest BCUT2D eigenvalue weighted by Gasteiger charge is 2.22. The Balaban J connectivity index is 1.53. The van der Waals surface area contributed by atoms with Crippen LogP contribution in [0.3, 0.4) is 0 Å². The number of hydrogen-bond acceptors (Lipinski definition) is 1.